The van der Waals surface area contributed by atoms with E-state index in [1.807, 2.05) is 55.5 Å². The van der Waals surface area contributed by atoms with Gasteiger partial charge < -0.3 is 25.0 Å². The molecule has 2 N–H and O–H groups in total. The molecule has 2 aromatic rings. The van der Waals surface area contributed by atoms with Crippen molar-refractivity contribution in [1.29, 1.82) is 0 Å². The van der Waals surface area contributed by atoms with Gasteiger partial charge in [0.15, 0.2) is 23.6 Å². The van der Waals surface area contributed by atoms with Crippen molar-refractivity contribution in [2.75, 3.05) is 40.3 Å². The van der Waals surface area contributed by atoms with Crippen LogP contribution in [-0.4, -0.2) is 63.2 Å². The van der Waals surface area contributed by atoms with E-state index in [1.54, 1.807) is 19.0 Å². The second kappa shape index (κ2) is 12.4. The number of halogens is 1. The molecule has 0 saturated carbocycles. The Morgan fingerprint density at radius 2 is 1.90 bits per heavy atom. The molecule has 8 heteroatoms. The molecule has 1 aliphatic rings. The number of carbonyl (C=O) groups excluding carboxylic acids is 1. The summed E-state index contributed by atoms with van der Waals surface area (Å²) in [7, 11) is 3.52. The second-order valence-corrected chi connectivity index (χ2v) is 7.29. The Balaban J connectivity index is 0.00000341. The van der Waals surface area contributed by atoms with E-state index in [4.69, 9.17) is 9.47 Å². The Kier molecular flexibility index (Phi) is 9.90. The molecule has 3 rings (SSSR count). The van der Waals surface area contributed by atoms with Crippen LogP contribution in [0.2, 0.25) is 0 Å². The average Bonchev–Trinajstić information content (AvgIpc) is 2.77. The van der Waals surface area contributed by atoms with Crippen molar-refractivity contribution in [3.05, 3.63) is 59.7 Å². The van der Waals surface area contributed by atoms with Crippen LogP contribution >= 0.6 is 24.0 Å². The molecule has 1 unspecified atom stereocenters. The first-order chi connectivity index (χ1) is 14.6. The zero-order valence-electron chi connectivity index (χ0n) is 18.3. The van der Waals surface area contributed by atoms with Gasteiger partial charge in [-0.05, 0) is 43.2 Å². The van der Waals surface area contributed by atoms with E-state index in [2.05, 4.69) is 15.6 Å². The number of nitrogens with zero attached hydrogens (tertiary/aromatic N) is 2. The highest BCUT2D eigenvalue weighted by atomic mass is 127. The van der Waals surface area contributed by atoms with E-state index in [0.29, 0.717) is 25.3 Å². The number of aliphatic imine (C=N–C) groups is 1. The van der Waals surface area contributed by atoms with Crippen molar-refractivity contribution >= 4 is 35.8 Å². The summed E-state index contributed by atoms with van der Waals surface area (Å²) in [6.07, 6.45) is 0.666. The Labute approximate surface area is 201 Å². The number of benzene rings is 2. The van der Waals surface area contributed by atoms with Gasteiger partial charge in [0, 0.05) is 32.7 Å². The molecule has 2 aromatic carbocycles. The summed E-state index contributed by atoms with van der Waals surface area (Å²) in [5.74, 6) is 2.28. The van der Waals surface area contributed by atoms with Gasteiger partial charge in [-0.25, -0.2) is 4.99 Å². The lowest BCUT2D eigenvalue weighted by Gasteiger charge is -2.25. The average molecular weight is 538 g/mol. The maximum atomic E-state index is 12.1. The SMILES string of the molecule is CCNC(=NCC1COc2ccccc2O1)NCCc1cccc(C(=O)N(C)C)c1.I. The minimum Gasteiger partial charge on any atom is -0.486 e. The molecule has 0 saturated heterocycles. The van der Waals surface area contributed by atoms with Gasteiger partial charge in [-0.15, -0.1) is 24.0 Å². The van der Waals surface area contributed by atoms with Gasteiger partial charge in [-0.1, -0.05) is 24.3 Å². The van der Waals surface area contributed by atoms with Crippen LogP contribution < -0.4 is 20.1 Å². The number of fused-ring (bicyclic) bond motifs is 1. The summed E-state index contributed by atoms with van der Waals surface area (Å²) in [5, 5.41) is 6.60. The molecule has 0 radical (unpaired) electrons. The van der Waals surface area contributed by atoms with Crippen LogP contribution in [0.4, 0.5) is 0 Å². The molecular formula is C23H31IN4O3. The number of carbonyl (C=O) groups is 1. The topological polar surface area (TPSA) is 75.2 Å². The van der Waals surface area contributed by atoms with Crippen molar-refractivity contribution in [1.82, 2.24) is 15.5 Å². The van der Waals surface area contributed by atoms with E-state index in [0.717, 1.165) is 36.0 Å². The number of hydrogen-bond acceptors (Lipinski definition) is 4. The highest BCUT2D eigenvalue weighted by molar-refractivity contribution is 14.0. The van der Waals surface area contributed by atoms with Gasteiger partial charge in [-0.2, -0.15) is 0 Å². The molecule has 1 heterocycles. The van der Waals surface area contributed by atoms with E-state index < -0.39 is 0 Å². The van der Waals surface area contributed by atoms with Gasteiger partial charge >= 0.3 is 0 Å². The largest absolute Gasteiger partial charge is 0.486 e. The lowest BCUT2D eigenvalue weighted by atomic mass is 10.1. The van der Waals surface area contributed by atoms with E-state index in [1.165, 1.54) is 0 Å². The van der Waals surface area contributed by atoms with Crippen LogP contribution in [0.3, 0.4) is 0 Å². The molecule has 0 aromatic heterocycles. The highest BCUT2D eigenvalue weighted by Crippen LogP contribution is 2.30. The Morgan fingerprint density at radius 3 is 2.65 bits per heavy atom. The third-order valence-electron chi connectivity index (χ3n) is 4.65. The first-order valence-electron chi connectivity index (χ1n) is 10.3. The lowest BCUT2D eigenvalue weighted by Crippen LogP contribution is -2.40. The Hall–Kier alpha value is -2.49. The monoisotopic (exact) mass is 538 g/mol. The molecule has 168 valence electrons. The maximum Gasteiger partial charge on any atom is 0.253 e. The van der Waals surface area contributed by atoms with Gasteiger partial charge in [0.1, 0.15) is 6.61 Å². The maximum absolute atomic E-state index is 12.1. The van der Waals surface area contributed by atoms with Crippen molar-refractivity contribution in [3.63, 3.8) is 0 Å². The summed E-state index contributed by atoms with van der Waals surface area (Å²) in [5.41, 5.74) is 1.81. The van der Waals surface area contributed by atoms with E-state index in [9.17, 15) is 4.79 Å². The number of ether oxygens (including phenoxy) is 2. The van der Waals surface area contributed by atoms with Gasteiger partial charge in [0.2, 0.25) is 0 Å². The molecule has 31 heavy (non-hydrogen) atoms. The molecule has 0 aliphatic carbocycles. The fourth-order valence-electron chi connectivity index (χ4n) is 3.13. The predicted molar refractivity (Wildman–Crippen MR) is 134 cm³/mol. The minimum absolute atomic E-state index is 0. The van der Waals surface area contributed by atoms with E-state index in [-0.39, 0.29) is 36.0 Å². The fourth-order valence-corrected chi connectivity index (χ4v) is 3.13. The molecule has 0 spiro atoms. The van der Waals surface area contributed by atoms with E-state index >= 15 is 0 Å². The molecule has 1 atom stereocenters. The molecule has 7 nitrogen and oxygen atoms in total. The van der Waals surface area contributed by atoms with Gasteiger partial charge in [0.05, 0.1) is 6.54 Å². The lowest BCUT2D eigenvalue weighted by molar-refractivity contribution is 0.0827. The number of para-hydroxylation sites is 2. The number of nitrogens with one attached hydrogen (secondary N) is 2. The smallest absolute Gasteiger partial charge is 0.253 e. The standard InChI is InChI=1S/C23H30N4O3.HI/c1-4-24-23(26-15-19-16-29-20-10-5-6-11-21(20)30-19)25-13-12-17-8-7-9-18(14-17)22(28)27(2)3;/h5-11,14,19H,4,12-13,15-16H2,1-3H3,(H2,24,25,26);1H. The van der Waals surface area contributed by atoms with Crippen LogP contribution in [0.5, 0.6) is 11.5 Å². The van der Waals surface area contributed by atoms with Crippen molar-refractivity contribution in [2.45, 2.75) is 19.4 Å². The summed E-state index contributed by atoms with van der Waals surface area (Å²) in [6.45, 7) is 4.48. The zero-order chi connectivity index (χ0) is 21.3. The summed E-state index contributed by atoms with van der Waals surface area (Å²) in [6, 6.07) is 15.4. The number of hydrogen-bond donors (Lipinski definition) is 2. The van der Waals surface area contributed by atoms with Crippen LogP contribution in [-0.2, 0) is 6.42 Å². The third kappa shape index (κ3) is 7.30. The van der Waals surface area contributed by atoms with Crippen molar-refractivity contribution in [2.24, 2.45) is 4.99 Å². The molecule has 0 bridgehead atoms. The van der Waals surface area contributed by atoms with Crippen LogP contribution in [0.25, 0.3) is 0 Å². The van der Waals surface area contributed by atoms with Crippen molar-refractivity contribution in [3.8, 4) is 11.5 Å². The number of rotatable bonds is 7. The first kappa shape index (κ1) is 24.8. The number of amides is 1. The van der Waals surface area contributed by atoms with Gasteiger partial charge in [-0.3, -0.25) is 4.79 Å². The normalized spacial score (nSPS) is 14.9. The first-order valence-corrected chi connectivity index (χ1v) is 10.3. The van der Waals surface area contributed by atoms with Gasteiger partial charge in [0.25, 0.3) is 5.91 Å². The third-order valence-corrected chi connectivity index (χ3v) is 4.65. The van der Waals surface area contributed by atoms with Crippen LogP contribution in [0.1, 0.15) is 22.8 Å². The quantitative estimate of drug-likeness (QED) is 0.322. The predicted octanol–water partition coefficient (Wildman–Crippen LogP) is 2.94. The van der Waals surface area contributed by atoms with Crippen molar-refractivity contribution < 1.29 is 14.3 Å². The minimum atomic E-state index is -0.121. The Morgan fingerprint density at radius 1 is 1.13 bits per heavy atom. The van der Waals surface area contributed by atoms with Crippen LogP contribution in [0, 0.1) is 0 Å². The summed E-state index contributed by atoms with van der Waals surface area (Å²) >= 11 is 0. The zero-order valence-corrected chi connectivity index (χ0v) is 20.6. The molecule has 0 fully saturated rings. The number of guanidine groups is 1. The summed E-state index contributed by atoms with van der Waals surface area (Å²) < 4.78 is 11.7. The molecule has 1 amide bonds. The highest BCUT2D eigenvalue weighted by Gasteiger charge is 2.20. The molecular weight excluding hydrogens is 507 g/mol. The summed E-state index contributed by atoms with van der Waals surface area (Å²) in [4.78, 5) is 18.4. The fraction of sp³-hybridized carbons (Fsp3) is 0.391. The molecule has 1 aliphatic heterocycles. The Bertz CT molecular complexity index is 889. The van der Waals surface area contributed by atoms with Crippen LogP contribution in [0.15, 0.2) is 53.5 Å². The second-order valence-electron chi connectivity index (χ2n) is 7.29.